The number of hydrogen-bond acceptors (Lipinski definition) is 10. The molecular weight excluding hydrogens is 597 g/mol. The van der Waals surface area contributed by atoms with E-state index in [0.717, 1.165) is 62.4 Å². The topological polar surface area (TPSA) is 128 Å². The van der Waals surface area contributed by atoms with Gasteiger partial charge in [-0.1, -0.05) is 0 Å². The number of aliphatic hydroxyl groups is 1. The molecule has 0 aliphatic carbocycles. The zero-order chi connectivity index (χ0) is 28.9. The molecular formula is C30H34AsN7O4. The van der Waals surface area contributed by atoms with Crippen molar-refractivity contribution in [2.75, 3.05) is 64.0 Å². The van der Waals surface area contributed by atoms with Crippen molar-refractivity contribution in [3.63, 3.8) is 0 Å². The van der Waals surface area contributed by atoms with Crippen molar-refractivity contribution in [3.05, 3.63) is 54.4 Å². The van der Waals surface area contributed by atoms with Gasteiger partial charge in [-0.25, -0.2) is 0 Å². The van der Waals surface area contributed by atoms with Crippen molar-refractivity contribution in [1.82, 2.24) is 24.8 Å². The van der Waals surface area contributed by atoms with Crippen molar-refractivity contribution in [2.45, 2.75) is 25.0 Å². The van der Waals surface area contributed by atoms with Crippen LogP contribution in [0.15, 0.2) is 48.8 Å². The van der Waals surface area contributed by atoms with E-state index in [1.807, 2.05) is 6.07 Å². The third kappa shape index (κ3) is 6.58. The Morgan fingerprint density at radius 3 is 2.62 bits per heavy atom. The third-order valence-corrected chi connectivity index (χ3v) is 10.3. The van der Waals surface area contributed by atoms with E-state index in [-0.39, 0.29) is 12.0 Å². The minimum absolute atomic E-state index is 0.236. The molecule has 3 aromatic rings. The zero-order valence-corrected chi connectivity index (χ0v) is 25.5. The van der Waals surface area contributed by atoms with E-state index >= 15 is 0 Å². The van der Waals surface area contributed by atoms with Gasteiger partial charge in [0.05, 0.1) is 0 Å². The second-order valence-corrected chi connectivity index (χ2v) is 13.4. The summed E-state index contributed by atoms with van der Waals surface area (Å²) in [5.41, 5.74) is 2.35. The molecule has 1 aromatic heterocycles. The number of anilines is 1. The summed E-state index contributed by atoms with van der Waals surface area (Å²) in [5.74, 6) is 0.680. The van der Waals surface area contributed by atoms with Crippen LogP contribution in [0.5, 0.6) is 5.75 Å². The maximum atomic E-state index is 11.9. The second kappa shape index (κ2) is 13.2. The van der Waals surface area contributed by atoms with Crippen molar-refractivity contribution in [3.8, 4) is 23.2 Å². The summed E-state index contributed by atoms with van der Waals surface area (Å²) in [4.78, 5) is 32.0. The molecule has 3 aliphatic heterocycles. The van der Waals surface area contributed by atoms with Crippen molar-refractivity contribution in [1.29, 1.82) is 5.26 Å². The number of carbonyl (C=O) groups excluding carboxylic acids is 1. The molecule has 1 N–H and O–H groups in total. The Hall–Kier alpha value is -3.55. The molecule has 12 heteroatoms. The standard InChI is InChI=1S/C30H34AsN7O4/c32-15-22-14-21(3-8-27(22)42-26-2-1-9-38(16-26)28(40)17-39)29-33-20-34-30(35-29)31-23-4-6-24(7-5-23)36-10-12-37(13-11-36)25-18-41-19-25/h3-8,14,20,25-26,31,39H,1-2,9-13,16-19H2. The van der Waals surface area contributed by atoms with Crippen LogP contribution in [0.25, 0.3) is 11.4 Å². The number of piperidine rings is 1. The van der Waals surface area contributed by atoms with E-state index in [1.54, 1.807) is 17.0 Å². The predicted octanol–water partition coefficient (Wildman–Crippen LogP) is -0.320. The molecule has 0 radical (unpaired) electrons. The Morgan fingerprint density at radius 2 is 1.90 bits per heavy atom. The summed E-state index contributed by atoms with van der Waals surface area (Å²) in [5, 5.41) is 19.0. The summed E-state index contributed by atoms with van der Waals surface area (Å²) in [7, 11) is 0. The van der Waals surface area contributed by atoms with E-state index in [9.17, 15) is 15.2 Å². The third-order valence-electron chi connectivity index (χ3n) is 8.03. The first-order valence-electron chi connectivity index (χ1n) is 14.3. The number of hydrogen-bond donors (Lipinski definition) is 1. The summed E-state index contributed by atoms with van der Waals surface area (Å²) < 4.78 is 13.5. The fourth-order valence-corrected chi connectivity index (χ4v) is 7.40. The summed E-state index contributed by atoms with van der Waals surface area (Å²) in [6.07, 6.45) is 2.85. The van der Waals surface area contributed by atoms with E-state index in [4.69, 9.17) is 14.5 Å². The number of amides is 1. The Balaban J connectivity index is 1.08. The van der Waals surface area contributed by atoms with E-state index in [1.165, 1.54) is 16.4 Å². The van der Waals surface area contributed by atoms with Crippen molar-refractivity contribution in [2.24, 2.45) is 0 Å². The molecule has 11 nitrogen and oxygen atoms in total. The number of likely N-dealkylation sites (tertiary alicyclic amines) is 1. The molecule has 0 bridgehead atoms. The Kier molecular flexibility index (Phi) is 8.96. The van der Waals surface area contributed by atoms with Crippen LogP contribution in [0.4, 0.5) is 5.69 Å². The number of nitrogens with zero attached hydrogens (tertiary/aromatic N) is 7. The normalized spacial score (nSPS) is 20.0. The van der Waals surface area contributed by atoms with Gasteiger partial charge in [0, 0.05) is 0 Å². The zero-order valence-electron chi connectivity index (χ0n) is 23.4. The first kappa shape index (κ1) is 28.6. The van der Waals surface area contributed by atoms with E-state index in [2.05, 4.69) is 50.1 Å². The maximum absolute atomic E-state index is 11.9. The molecule has 218 valence electrons. The Labute approximate surface area is 251 Å². The van der Waals surface area contributed by atoms with Gasteiger partial charge in [-0.15, -0.1) is 0 Å². The van der Waals surface area contributed by atoms with Gasteiger partial charge in [0.2, 0.25) is 0 Å². The van der Waals surface area contributed by atoms with Gasteiger partial charge in [0.1, 0.15) is 6.61 Å². The predicted molar refractivity (Wildman–Crippen MR) is 159 cm³/mol. The van der Waals surface area contributed by atoms with Crippen LogP contribution < -0.4 is 18.6 Å². The number of aliphatic hydroxyl groups excluding tert-OH is 1. The van der Waals surface area contributed by atoms with E-state index in [0.29, 0.717) is 36.3 Å². The molecule has 2 aromatic carbocycles. The van der Waals surface area contributed by atoms with Crippen molar-refractivity contribution >= 4 is 36.3 Å². The fraction of sp³-hybridized carbons (Fsp3) is 0.433. The monoisotopic (exact) mass is 631 g/mol. The van der Waals surface area contributed by atoms with Crippen LogP contribution in [0.3, 0.4) is 0 Å². The summed E-state index contributed by atoms with van der Waals surface area (Å²) in [6.45, 7) is 6.42. The number of benzene rings is 2. The number of piperazine rings is 1. The van der Waals surface area contributed by atoms with Gasteiger partial charge >= 0.3 is 236 Å². The molecule has 2 atom stereocenters. The molecule has 3 saturated heterocycles. The van der Waals surface area contributed by atoms with Crippen LogP contribution >= 0.6 is 0 Å². The van der Waals surface area contributed by atoms with Gasteiger partial charge in [0.25, 0.3) is 0 Å². The van der Waals surface area contributed by atoms with Gasteiger partial charge < -0.3 is 5.11 Å². The van der Waals surface area contributed by atoms with Crippen molar-refractivity contribution < 1.29 is 19.4 Å². The van der Waals surface area contributed by atoms with Gasteiger partial charge in [-0.2, -0.15) is 0 Å². The summed E-state index contributed by atoms with van der Waals surface area (Å²) in [6, 6.07) is 16.9. The molecule has 6 rings (SSSR count). The van der Waals surface area contributed by atoms with Gasteiger partial charge in [0.15, 0.2) is 0 Å². The van der Waals surface area contributed by atoms with E-state index < -0.39 is 22.4 Å². The van der Waals surface area contributed by atoms with Crippen LogP contribution in [-0.2, 0) is 9.53 Å². The second-order valence-electron chi connectivity index (χ2n) is 10.7. The first-order chi connectivity index (χ1) is 20.6. The number of nitriles is 1. The molecule has 0 saturated carbocycles. The fourth-order valence-electron chi connectivity index (χ4n) is 5.56. The van der Waals surface area contributed by atoms with Gasteiger partial charge in [-0.3, -0.25) is 4.79 Å². The summed E-state index contributed by atoms with van der Waals surface area (Å²) >= 11 is -0.768. The molecule has 2 unspecified atom stereocenters. The van der Waals surface area contributed by atoms with Crippen LogP contribution in [0.1, 0.15) is 18.4 Å². The molecule has 1 amide bonds. The average Bonchev–Trinajstić information content (AvgIpc) is 3.01. The number of carbonyl (C=O) groups is 1. The van der Waals surface area contributed by atoms with Crippen LogP contribution in [-0.4, -0.2) is 123 Å². The SMILES string of the molecule is N#Cc1cc(-c2ncnc([AsH]c3ccc(N4CCN(C5COC5)CC4)cc3)n2)ccc1OC1CCCN(C(=O)CO)C1. The first-order valence-corrected chi connectivity index (χ1v) is 16.4. The number of rotatable bonds is 8. The Bertz CT molecular complexity index is 1440. The molecule has 0 spiro atoms. The molecule has 3 fully saturated rings. The van der Waals surface area contributed by atoms with Gasteiger partial charge in [-0.05, 0) is 0 Å². The average molecular weight is 632 g/mol. The number of aromatic nitrogens is 3. The quantitative estimate of drug-likeness (QED) is 0.331. The Morgan fingerprint density at radius 1 is 1.10 bits per heavy atom. The minimum atomic E-state index is -0.768. The number of ether oxygens (including phenoxy) is 2. The van der Waals surface area contributed by atoms with Crippen LogP contribution in [0, 0.1) is 11.3 Å². The van der Waals surface area contributed by atoms with Crippen LogP contribution in [0.2, 0.25) is 0 Å². The molecule has 3 aliphatic rings. The molecule has 4 heterocycles. The molecule has 42 heavy (non-hydrogen) atoms.